The molecule has 16 heavy (non-hydrogen) atoms. The van der Waals surface area contributed by atoms with Gasteiger partial charge in [0, 0.05) is 12.5 Å². The fourth-order valence-corrected chi connectivity index (χ4v) is 2.17. The first kappa shape index (κ1) is 13.5. The molecule has 1 atom stereocenters. The van der Waals surface area contributed by atoms with Crippen LogP contribution in [0.4, 0.5) is 13.2 Å². The number of hydrogen-bond acceptors (Lipinski definition) is 2. The number of carbonyl (C=O) groups excluding carboxylic acids is 1. The highest BCUT2D eigenvalue weighted by Gasteiger charge is 2.38. The maximum absolute atomic E-state index is 12.4. The van der Waals surface area contributed by atoms with E-state index in [9.17, 15) is 18.0 Å². The zero-order chi connectivity index (χ0) is 12.3. The highest BCUT2D eigenvalue weighted by atomic mass is 19.4. The summed E-state index contributed by atoms with van der Waals surface area (Å²) in [6.45, 7) is 2.42. The highest BCUT2D eigenvalue weighted by Crippen LogP contribution is 2.25. The van der Waals surface area contributed by atoms with Crippen molar-refractivity contribution in [3.05, 3.63) is 0 Å². The number of Topliss-reactive ketones (excluding diaryl/α,β-unsaturated/α-hetero) is 1. The summed E-state index contributed by atoms with van der Waals surface area (Å²) in [6, 6.07) is -0.788. The van der Waals surface area contributed by atoms with Crippen LogP contribution in [0.3, 0.4) is 0 Å². The van der Waals surface area contributed by atoms with E-state index in [1.807, 2.05) is 0 Å². The van der Waals surface area contributed by atoms with Gasteiger partial charge in [0.2, 0.25) is 0 Å². The Hall–Kier alpha value is -0.580. The number of halogens is 3. The Morgan fingerprint density at radius 1 is 1.38 bits per heavy atom. The Morgan fingerprint density at radius 2 is 2.00 bits per heavy atom. The molecule has 0 bridgehead atoms. The highest BCUT2D eigenvalue weighted by molar-refractivity contribution is 5.84. The Balaban J connectivity index is 2.72. The SMILES string of the molecule is CC(C)N(CC(F)(F)F)C1CCCCC1=O. The summed E-state index contributed by atoms with van der Waals surface area (Å²) in [5, 5.41) is 0. The minimum absolute atomic E-state index is 0.0378. The first-order valence-electron chi connectivity index (χ1n) is 5.66. The summed E-state index contributed by atoms with van der Waals surface area (Å²) in [5.41, 5.74) is 0. The van der Waals surface area contributed by atoms with Gasteiger partial charge >= 0.3 is 6.18 Å². The van der Waals surface area contributed by atoms with Gasteiger partial charge < -0.3 is 0 Å². The third-order valence-electron chi connectivity index (χ3n) is 2.95. The maximum Gasteiger partial charge on any atom is 0.401 e. The molecule has 0 amide bonds. The van der Waals surface area contributed by atoms with E-state index in [-0.39, 0.29) is 11.8 Å². The molecule has 1 aliphatic carbocycles. The molecular formula is C11H18F3NO. The second-order valence-electron chi connectivity index (χ2n) is 4.61. The van der Waals surface area contributed by atoms with Gasteiger partial charge in [-0.15, -0.1) is 0 Å². The van der Waals surface area contributed by atoms with Crippen molar-refractivity contribution in [1.82, 2.24) is 4.90 Å². The van der Waals surface area contributed by atoms with E-state index >= 15 is 0 Å². The molecule has 0 saturated heterocycles. The number of rotatable bonds is 3. The molecular weight excluding hydrogens is 219 g/mol. The molecule has 0 spiro atoms. The summed E-state index contributed by atoms with van der Waals surface area (Å²) in [7, 11) is 0. The van der Waals surface area contributed by atoms with E-state index < -0.39 is 18.8 Å². The first-order chi connectivity index (χ1) is 7.31. The summed E-state index contributed by atoms with van der Waals surface area (Å²) in [4.78, 5) is 12.9. The molecule has 0 aromatic carbocycles. The van der Waals surface area contributed by atoms with Gasteiger partial charge in [-0.25, -0.2) is 0 Å². The Morgan fingerprint density at radius 3 is 2.44 bits per heavy atom. The number of hydrogen-bond donors (Lipinski definition) is 0. The minimum Gasteiger partial charge on any atom is -0.298 e. The standard InChI is InChI=1S/C11H18F3NO/c1-8(2)15(7-11(12,13)14)9-5-3-4-6-10(9)16/h8-9H,3-7H2,1-2H3. The minimum atomic E-state index is -4.23. The van der Waals surface area contributed by atoms with E-state index in [2.05, 4.69) is 0 Å². The molecule has 0 radical (unpaired) electrons. The van der Waals surface area contributed by atoms with Crippen molar-refractivity contribution in [2.24, 2.45) is 0 Å². The van der Waals surface area contributed by atoms with Crippen LogP contribution in [0.15, 0.2) is 0 Å². The Bertz CT molecular complexity index is 250. The van der Waals surface area contributed by atoms with Crippen molar-refractivity contribution in [2.75, 3.05) is 6.54 Å². The van der Waals surface area contributed by atoms with E-state index in [4.69, 9.17) is 0 Å². The van der Waals surface area contributed by atoms with E-state index in [0.717, 1.165) is 12.8 Å². The summed E-state index contributed by atoms with van der Waals surface area (Å²) < 4.78 is 37.2. The van der Waals surface area contributed by atoms with Crippen LogP contribution in [0.2, 0.25) is 0 Å². The largest absolute Gasteiger partial charge is 0.401 e. The number of carbonyl (C=O) groups is 1. The number of ketones is 1. The molecule has 0 aliphatic heterocycles. The van der Waals surface area contributed by atoms with Crippen LogP contribution in [0.5, 0.6) is 0 Å². The lowest BCUT2D eigenvalue weighted by Gasteiger charge is -2.36. The van der Waals surface area contributed by atoms with Gasteiger partial charge in [0.25, 0.3) is 0 Å². The fraction of sp³-hybridized carbons (Fsp3) is 0.909. The Labute approximate surface area is 93.8 Å². The van der Waals surface area contributed by atoms with Gasteiger partial charge in [-0.05, 0) is 26.7 Å². The maximum atomic E-state index is 12.4. The van der Waals surface area contributed by atoms with Crippen molar-refractivity contribution in [1.29, 1.82) is 0 Å². The third-order valence-corrected chi connectivity index (χ3v) is 2.95. The molecule has 1 fully saturated rings. The van der Waals surface area contributed by atoms with Crippen molar-refractivity contribution < 1.29 is 18.0 Å². The quantitative estimate of drug-likeness (QED) is 0.752. The first-order valence-corrected chi connectivity index (χ1v) is 5.66. The van der Waals surface area contributed by atoms with Crippen LogP contribution in [0.1, 0.15) is 39.5 Å². The van der Waals surface area contributed by atoms with Gasteiger partial charge in [-0.2, -0.15) is 13.2 Å². The van der Waals surface area contributed by atoms with Crippen LogP contribution < -0.4 is 0 Å². The van der Waals surface area contributed by atoms with Gasteiger partial charge in [0.1, 0.15) is 5.78 Å². The molecule has 0 aromatic heterocycles. The van der Waals surface area contributed by atoms with Crippen molar-refractivity contribution >= 4 is 5.78 Å². The lowest BCUT2D eigenvalue weighted by atomic mass is 9.92. The predicted molar refractivity (Wildman–Crippen MR) is 55.2 cm³/mol. The van der Waals surface area contributed by atoms with Crippen molar-refractivity contribution in [3.63, 3.8) is 0 Å². The smallest absolute Gasteiger partial charge is 0.298 e. The molecule has 1 rings (SSSR count). The second-order valence-corrected chi connectivity index (χ2v) is 4.61. The molecule has 0 aromatic rings. The van der Waals surface area contributed by atoms with Gasteiger partial charge in [0.15, 0.2) is 0 Å². The summed E-state index contributed by atoms with van der Waals surface area (Å²) in [6.07, 6.45) is -1.59. The zero-order valence-corrected chi connectivity index (χ0v) is 9.68. The van der Waals surface area contributed by atoms with E-state index in [1.165, 1.54) is 4.90 Å². The summed E-state index contributed by atoms with van der Waals surface area (Å²) in [5.74, 6) is -0.0378. The Kier molecular flexibility index (Phi) is 4.35. The third kappa shape index (κ3) is 3.77. The summed E-state index contributed by atoms with van der Waals surface area (Å²) >= 11 is 0. The average Bonchev–Trinajstić information content (AvgIpc) is 2.13. The molecule has 1 saturated carbocycles. The van der Waals surface area contributed by atoms with Crippen molar-refractivity contribution in [3.8, 4) is 0 Å². The lowest BCUT2D eigenvalue weighted by Crippen LogP contribution is -2.50. The number of nitrogens with zero attached hydrogens (tertiary/aromatic N) is 1. The molecule has 1 aliphatic rings. The normalized spacial score (nSPS) is 23.2. The van der Waals surface area contributed by atoms with E-state index in [1.54, 1.807) is 13.8 Å². The van der Waals surface area contributed by atoms with E-state index in [0.29, 0.717) is 12.8 Å². The topological polar surface area (TPSA) is 20.3 Å². The van der Waals surface area contributed by atoms with Crippen LogP contribution >= 0.6 is 0 Å². The molecule has 2 nitrogen and oxygen atoms in total. The predicted octanol–water partition coefficient (Wildman–Crippen LogP) is 2.77. The van der Waals surface area contributed by atoms with Crippen LogP contribution in [0, 0.1) is 0 Å². The monoisotopic (exact) mass is 237 g/mol. The van der Waals surface area contributed by atoms with Gasteiger partial charge in [0.05, 0.1) is 12.6 Å². The molecule has 1 unspecified atom stereocenters. The van der Waals surface area contributed by atoms with Crippen LogP contribution in [-0.2, 0) is 4.79 Å². The molecule has 94 valence electrons. The molecule has 5 heteroatoms. The van der Waals surface area contributed by atoms with Gasteiger partial charge in [-0.1, -0.05) is 6.42 Å². The van der Waals surface area contributed by atoms with Crippen molar-refractivity contribution in [2.45, 2.75) is 57.8 Å². The zero-order valence-electron chi connectivity index (χ0n) is 9.68. The fourth-order valence-electron chi connectivity index (χ4n) is 2.17. The van der Waals surface area contributed by atoms with Gasteiger partial charge in [-0.3, -0.25) is 9.69 Å². The lowest BCUT2D eigenvalue weighted by molar-refractivity contribution is -0.160. The number of alkyl halides is 3. The average molecular weight is 237 g/mol. The van der Waals surface area contributed by atoms with Crippen LogP contribution in [0.25, 0.3) is 0 Å². The molecule has 0 heterocycles. The second kappa shape index (κ2) is 5.17. The molecule has 0 N–H and O–H groups in total. The van der Waals surface area contributed by atoms with Crippen LogP contribution in [-0.4, -0.2) is 35.5 Å².